The summed E-state index contributed by atoms with van der Waals surface area (Å²) < 4.78 is 7.78. The van der Waals surface area contributed by atoms with Crippen LogP contribution in [0.1, 0.15) is 56.5 Å². The van der Waals surface area contributed by atoms with Gasteiger partial charge in [0.25, 0.3) is 0 Å². The van der Waals surface area contributed by atoms with E-state index in [-0.39, 0.29) is 20.1 Å². The summed E-state index contributed by atoms with van der Waals surface area (Å²) in [7, 11) is 0. The second-order valence-electron chi connectivity index (χ2n) is 7.54. The summed E-state index contributed by atoms with van der Waals surface area (Å²) in [6, 6.07) is 13.7. The van der Waals surface area contributed by atoms with E-state index in [1.165, 1.54) is 16.8 Å². The van der Waals surface area contributed by atoms with E-state index >= 15 is 0 Å². The third-order valence-corrected chi connectivity index (χ3v) is 4.89. The molecular formula is C23H24IrN3O-. The number of benzene rings is 2. The minimum atomic E-state index is 0. The Balaban J connectivity index is 0.00000225. The van der Waals surface area contributed by atoms with Crippen molar-refractivity contribution in [1.29, 1.82) is 0 Å². The van der Waals surface area contributed by atoms with Gasteiger partial charge in [0, 0.05) is 50.6 Å². The van der Waals surface area contributed by atoms with Crippen molar-refractivity contribution in [2.75, 3.05) is 0 Å². The van der Waals surface area contributed by atoms with Gasteiger partial charge in [0.1, 0.15) is 0 Å². The Bertz CT molecular complexity index is 1080. The van der Waals surface area contributed by atoms with Gasteiger partial charge in [-0.15, -0.1) is 23.8 Å². The molecule has 0 saturated heterocycles. The Hall–Kier alpha value is -2.23. The quantitative estimate of drug-likeness (QED) is 0.291. The Kier molecular flexibility index (Phi) is 5.87. The minimum absolute atomic E-state index is 0. The molecule has 28 heavy (non-hydrogen) atoms. The average molecular weight is 551 g/mol. The van der Waals surface area contributed by atoms with Gasteiger partial charge < -0.3 is 8.98 Å². The van der Waals surface area contributed by atoms with Crippen LogP contribution in [0.3, 0.4) is 0 Å². The van der Waals surface area contributed by atoms with Crippen LogP contribution in [0, 0.1) is 13.0 Å². The third kappa shape index (κ3) is 3.57. The van der Waals surface area contributed by atoms with E-state index in [2.05, 4.69) is 66.5 Å². The fraction of sp³-hybridized carbons (Fsp3) is 0.304. The second kappa shape index (κ2) is 8.02. The molecule has 4 aromatic rings. The summed E-state index contributed by atoms with van der Waals surface area (Å²) in [6.45, 7) is 10.8. The molecule has 0 bridgehead atoms. The van der Waals surface area contributed by atoms with E-state index in [1.807, 2.05) is 31.5 Å². The van der Waals surface area contributed by atoms with Crippen molar-refractivity contribution in [2.45, 2.75) is 46.5 Å². The Morgan fingerprint density at radius 3 is 2.39 bits per heavy atom. The minimum Gasteiger partial charge on any atom is -0.488 e. The molecule has 0 atom stereocenters. The predicted octanol–water partition coefficient (Wildman–Crippen LogP) is 6.03. The van der Waals surface area contributed by atoms with Gasteiger partial charge in [-0.25, -0.2) is 4.98 Å². The molecule has 2 aromatic heterocycles. The Morgan fingerprint density at radius 2 is 1.75 bits per heavy atom. The monoisotopic (exact) mass is 551 g/mol. The summed E-state index contributed by atoms with van der Waals surface area (Å²) >= 11 is 0. The summed E-state index contributed by atoms with van der Waals surface area (Å²) in [5.41, 5.74) is 6.35. The van der Waals surface area contributed by atoms with Gasteiger partial charge in [0.2, 0.25) is 0 Å². The average Bonchev–Trinajstić information content (AvgIpc) is 3.25. The van der Waals surface area contributed by atoms with Crippen LogP contribution in [-0.4, -0.2) is 14.5 Å². The van der Waals surface area contributed by atoms with Crippen molar-refractivity contribution >= 4 is 11.1 Å². The molecule has 0 aliphatic heterocycles. The molecule has 0 spiro atoms. The van der Waals surface area contributed by atoms with E-state index in [0.717, 1.165) is 22.5 Å². The summed E-state index contributed by atoms with van der Waals surface area (Å²) in [4.78, 5) is 9.10. The molecule has 0 aliphatic rings. The first kappa shape index (κ1) is 20.5. The third-order valence-electron chi connectivity index (χ3n) is 4.89. The molecule has 2 heterocycles. The van der Waals surface area contributed by atoms with Crippen molar-refractivity contribution in [2.24, 2.45) is 0 Å². The van der Waals surface area contributed by atoms with Crippen molar-refractivity contribution in [1.82, 2.24) is 14.5 Å². The molecule has 4 rings (SSSR count). The number of rotatable bonds is 4. The largest absolute Gasteiger partial charge is 0.488 e. The van der Waals surface area contributed by atoms with Crippen molar-refractivity contribution in [3.63, 3.8) is 0 Å². The van der Waals surface area contributed by atoms with E-state index in [1.54, 1.807) is 0 Å². The zero-order valence-corrected chi connectivity index (χ0v) is 19.2. The van der Waals surface area contributed by atoms with Crippen LogP contribution in [0.4, 0.5) is 0 Å². The van der Waals surface area contributed by atoms with Crippen LogP contribution < -0.4 is 0 Å². The molecule has 0 amide bonds. The van der Waals surface area contributed by atoms with Gasteiger partial charge in [-0.05, 0) is 23.0 Å². The van der Waals surface area contributed by atoms with Crippen LogP contribution in [0.15, 0.2) is 47.1 Å². The molecule has 0 saturated carbocycles. The zero-order chi connectivity index (χ0) is 19.1. The van der Waals surface area contributed by atoms with Gasteiger partial charge in [-0.2, -0.15) is 0 Å². The fourth-order valence-corrected chi connectivity index (χ4v) is 3.59. The zero-order valence-electron chi connectivity index (χ0n) is 16.8. The number of hydrogen-bond donors (Lipinski definition) is 0. The molecule has 0 fully saturated rings. The molecule has 1 radical (unpaired) electrons. The Labute approximate surface area is 179 Å². The molecule has 0 aliphatic carbocycles. The van der Waals surface area contributed by atoms with Gasteiger partial charge in [0.15, 0.2) is 5.89 Å². The molecule has 2 aromatic carbocycles. The fourth-order valence-electron chi connectivity index (χ4n) is 3.59. The number of aryl methyl sites for hydroxylation is 1. The smallest absolute Gasteiger partial charge is 0.180 e. The first-order chi connectivity index (χ1) is 13.0. The standard InChI is InChI=1S/C23H24N3O.Ir/c1-14(2)18-7-6-8-19(15(3)4)22(18)26-12-11-24-23(26)17-9-10-21-20(13-17)25-16(5)27-21;/h6-8,10-15H,1-5H3;/q-1;. The summed E-state index contributed by atoms with van der Waals surface area (Å²) in [5.74, 6) is 2.36. The second-order valence-corrected chi connectivity index (χ2v) is 7.54. The van der Waals surface area contributed by atoms with Gasteiger partial charge in [-0.3, -0.25) is 4.98 Å². The van der Waals surface area contributed by atoms with Gasteiger partial charge >= 0.3 is 0 Å². The topological polar surface area (TPSA) is 43.9 Å². The number of para-hydroxylation sites is 1. The molecule has 4 nitrogen and oxygen atoms in total. The van der Waals surface area contributed by atoms with Crippen LogP contribution in [0.2, 0.25) is 0 Å². The number of aromatic nitrogens is 3. The molecule has 5 heteroatoms. The normalized spacial score (nSPS) is 11.4. The number of hydrogen-bond acceptors (Lipinski definition) is 3. The number of imidazole rings is 1. The van der Waals surface area contributed by atoms with E-state index in [4.69, 9.17) is 4.42 Å². The Morgan fingerprint density at radius 1 is 1.07 bits per heavy atom. The van der Waals surface area contributed by atoms with Gasteiger partial charge in [-0.1, -0.05) is 45.9 Å². The summed E-state index contributed by atoms with van der Waals surface area (Å²) in [5, 5.41) is 0. The molecule has 0 N–H and O–H groups in total. The number of oxazole rings is 1. The van der Waals surface area contributed by atoms with Crippen LogP contribution in [-0.2, 0) is 20.1 Å². The van der Waals surface area contributed by atoms with E-state index < -0.39 is 0 Å². The van der Waals surface area contributed by atoms with Crippen molar-refractivity contribution in [3.05, 3.63) is 65.8 Å². The number of nitrogens with zero attached hydrogens (tertiary/aromatic N) is 3. The van der Waals surface area contributed by atoms with Crippen LogP contribution in [0.25, 0.3) is 28.2 Å². The van der Waals surface area contributed by atoms with Crippen LogP contribution in [0.5, 0.6) is 0 Å². The van der Waals surface area contributed by atoms with Gasteiger partial charge in [0.05, 0.1) is 11.4 Å². The van der Waals surface area contributed by atoms with E-state index in [0.29, 0.717) is 17.7 Å². The van der Waals surface area contributed by atoms with Crippen molar-refractivity contribution in [3.8, 4) is 17.1 Å². The van der Waals surface area contributed by atoms with Crippen LogP contribution >= 0.6 is 0 Å². The first-order valence-electron chi connectivity index (χ1n) is 9.41. The predicted molar refractivity (Wildman–Crippen MR) is 108 cm³/mol. The first-order valence-corrected chi connectivity index (χ1v) is 9.41. The molecule has 147 valence electrons. The molecular weight excluding hydrogens is 526 g/mol. The maximum atomic E-state index is 5.59. The maximum absolute atomic E-state index is 5.59. The SMILES string of the molecule is Cc1nc2cc(-c3nccn3-c3c(C(C)C)cccc3C(C)C)[c-]cc2o1.[Ir]. The maximum Gasteiger partial charge on any atom is 0.180 e. The molecule has 0 unspecified atom stereocenters. The summed E-state index contributed by atoms with van der Waals surface area (Å²) in [6.07, 6.45) is 3.89. The van der Waals surface area contributed by atoms with Crippen molar-refractivity contribution < 1.29 is 24.5 Å². The van der Waals surface area contributed by atoms with E-state index in [9.17, 15) is 0 Å². The number of fused-ring (bicyclic) bond motifs is 1.